The number of amides is 1. The smallest absolute Gasteiger partial charge is 0.334 e. The number of β-lactam (4-membered cyclic amide) rings is 1. The molecule has 70 valence electrons. The minimum absolute atomic E-state index is 0.166. The Morgan fingerprint density at radius 2 is 2.15 bits per heavy atom. The van der Waals surface area contributed by atoms with Crippen molar-refractivity contribution in [2.75, 3.05) is 0 Å². The van der Waals surface area contributed by atoms with Crippen LogP contribution in [0.3, 0.4) is 0 Å². The minimum Gasteiger partial charge on any atom is -0.479 e. The van der Waals surface area contributed by atoms with Gasteiger partial charge < -0.3 is 10.0 Å². The average molecular weight is 183 g/mol. The van der Waals surface area contributed by atoms with Crippen molar-refractivity contribution in [3.8, 4) is 0 Å². The molecule has 13 heavy (non-hydrogen) atoms. The summed E-state index contributed by atoms with van der Waals surface area (Å²) in [5, 5.41) is 8.73. The zero-order valence-electron chi connectivity index (χ0n) is 7.06. The van der Waals surface area contributed by atoms with Crippen molar-refractivity contribution < 1.29 is 19.5 Å². The quantitative estimate of drug-likeness (QED) is 0.429. The van der Waals surface area contributed by atoms with Crippen molar-refractivity contribution in [1.82, 2.24) is 4.90 Å². The number of hydrogen-bond acceptors (Lipinski definition) is 3. The molecule has 2 unspecified atom stereocenters. The Kier molecular flexibility index (Phi) is 1.46. The van der Waals surface area contributed by atoms with Gasteiger partial charge in [-0.15, -0.1) is 0 Å². The lowest BCUT2D eigenvalue weighted by Gasteiger charge is -2.37. The number of fused-ring (bicyclic) bond motifs is 1. The Balaban J connectivity index is 2.32. The van der Waals surface area contributed by atoms with E-state index in [1.807, 2.05) is 0 Å². The molecule has 0 aromatic rings. The summed E-state index contributed by atoms with van der Waals surface area (Å²) in [6.45, 7) is 1.68. The van der Waals surface area contributed by atoms with Crippen LogP contribution in [0.1, 0.15) is 13.3 Å². The van der Waals surface area contributed by atoms with Crippen LogP contribution < -0.4 is 0 Å². The average Bonchev–Trinajstić information content (AvgIpc) is 2.24. The molecule has 2 fully saturated rings. The molecule has 2 aliphatic rings. The van der Waals surface area contributed by atoms with Crippen LogP contribution in [0.4, 0.5) is 0 Å². The fraction of sp³-hybridized carbons (Fsp3) is 0.625. The highest BCUT2D eigenvalue weighted by Gasteiger charge is 2.57. The van der Waals surface area contributed by atoms with Crippen molar-refractivity contribution in [1.29, 1.82) is 0 Å². The minimum atomic E-state index is -1.22. The van der Waals surface area contributed by atoms with E-state index >= 15 is 0 Å². The molecule has 0 bridgehead atoms. The van der Waals surface area contributed by atoms with E-state index < -0.39 is 12.0 Å². The van der Waals surface area contributed by atoms with Gasteiger partial charge in [0.1, 0.15) is 0 Å². The van der Waals surface area contributed by atoms with Crippen LogP contribution in [0.2, 0.25) is 0 Å². The Morgan fingerprint density at radius 1 is 1.54 bits per heavy atom. The summed E-state index contributed by atoms with van der Waals surface area (Å²) in [7, 11) is 0. The van der Waals surface area contributed by atoms with E-state index in [2.05, 4.69) is 0 Å². The number of carboxylic acid groups (broad SMARTS) is 1. The molecule has 0 aliphatic carbocycles. The van der Waals surface area contributed by atoms with Gasteiger partial charge in [-0.2, -0.15) is 0 Å². The van der Waals surface area contributed by atoms with E-state index in [0.29, 0.717) is 6.42 Å². The third-order valence-corrected chi connectivity index (χ3v) is 2.84. The third-order valence-electron chi connectivity index (χ3n) is 2.84. The number of rotatable bonds is 1. The maximum absolute atomic E-state index is 11.4. The van der Waals surface area contributed by atoms with Gasteiger partial charge in [-0.05, 0) is 0 Å². The molecule has 3 atom stereocenters. The number of carbonyl (C=O) groups excluding carboxylic acids is 2. The number of carbonyl (C=O) groups is 3. The van der Waals surface area contributed by atoms with Gasteiger partial charge in [0, 0.05) is 12.3 Å². The highest BCUT2D eigenvalue weighted by Crippen LogP contribution is 2.36. The predicted octanol–water partition coefficient (Wildman–Crippen LogP) is -0.741. The molecule has 5 nitrogen and oxygen atoms in total. The van der Waals surface area contributed by atoms with Crippen LogP contribution in [-0.4, -0.2) is 39.7 Å². The van der Waals surface area contributed by atoms with Crippen LogP contribution >= 0.6 is 0 Å². The monoisotopic (exact) mass is 183 g/mol. The van der Waals surface area contributed by atoms with E-state index in [1.165, 1.54) is 4.90 Å². The summed E-state index contributed by atoms with van der Waals surface area (Å²) in [4.78, 5) is 34.3. The molecule has 0 aromatic carbocycles. The van der Waals surface area contributed by atoms with E-state index in [-0.39, 0.29) is 23.7 Å². The van der Waals surface area contributed by atoms with E-state index in [0.717, 1.165) is 0 Å². The Bertz CT molecular complexity index is 311. The number of hydrogen-bond donors (Lipinski definition) is 1. The summed E-state index contributed by atoms with van der Waals surface area (Å²) in [6.07, 6.45) is 0.316. The van der Waals surface area contributed by atoms with Gasteiger partial charge in [0.15, 0.2) is 11.8 Å². The van der Waals surface area contributed by atoms with Crippen molar-refractivity contribution in [3.05, 3.63) is 0 Å². The Labute approximate surface area is 74.3 Å². The van der Waals surface area contributed by atoms with E-state index in [1.54, 1.807) is 6.92 Å². The second-order valence-electron chi connectivity index (χ2n) is 3.50. The molecule has 0 spiro atoms. The molecule has 2 aliphatic heterocycles. The molecular weight excluding hydrogens is 174 g/mol. The molecule has 5 heteroatoms. The summed E-state index contributed by atoms with van der Waals surface area (Å²) >= 11 is 0. The van der Waals surface area contributed by atoms with E-state index in [9.17, 15) is 14.4 Å². The Morgan fingerprint density at radius 3 is 2.54 bits per heavy atom. The fourth-order valence-electron chi connectivity index (χ4n) is 2.02. The highest BCUT2D eigenvalue weighted by atomic mass is 16.4. The third kappa shape index (κ3) is 0.839. The number of Topliss-reactive ketones (excluding diaryl/α,β-unsaturated/α-hetero) is 1. The summed E-state index contributed by atoms with van der Waals surface area (Å²) < 4.78 is 0. The van der Waals surface area contributed by atoms with Crippen molar-refractivity contribution in [3.63, 3.8) is 0 Å². The summed E-state index contributed by atoms with van der Waals surface area (Å²) in [5.41, 5.74) is 0. The molecule has 0 aromatic heterocycles. The van der Waals surface area contributed by atoms with Crippen molar-refractivity contribution >= 4 is 17.7 Å². The van der Waals surface area contributed by atoms with Gasteiger partial charge in [-0.25, -0.2) is 4.79 Å². The molecule has 2 heterocycles. The second kappa shape index (κ2) is 2.31. The first kappa shape index (κ1) is 8.22. The first-order valence-electron chi connectivity index (χ1n) is 4.11. The number of aliphatic carboxylic acids is 1. The maximum atomic E-state index is 11.4. The molecule has 1 N–H and O–H groups in total. The van der Waals surface area contributed by atoms with Crippen molar-refractivity contribution in [2.45, 2.75) is 25.4 Å². The second-order valence-corrected chi connectivity index (χ2v) is 3.50. The highest BCUT2D eigenvalue weighted by molar-refractivity contribution is 6.11. The van der Waals surface area contributed by atoms with Gasteiger partial charge in [0.2, 0.25) is 5.91 Å². The zero-order chi connectivity index (χ0) is 9.75. The zero-order valence-corrected chi connectivity index (χ0v) is 7.06. The number of carboxylic acids is 1. The molecular formula is C8H9NO4. The van der Waals surface area contributed by atoms with Crippen LogP contribution in [-0.2, 0) is 14.4 Å². The molecule has 2 rings (SSSR count). The van der Waals surface area contributed by atoms with Gasteiger partial charge in [-0.1, -0.05) is 6.92 Å². The van der Waals surface area contributed by atoms with Crippen molar-refractivity contribution in [2.24, 2.45) is 5.92 Å². The van der Waals surface area contributed by atoms with Crippen LogP contribution in [0.5, 0.6) is 0 Å². The SMILES string of the molecule is CC1C(=O)C(C(=O)O)N2C(=O)C[C@@H]12. The van der Waals surface area contributed by atoms with Gasteiger partial charge in [0.25, 0.3) is 0 Å². The molecule has 0 saturated carbocycles. The molecule has 2 saturated heterocycles. The summed E-state index contributed by atoms with van der Waals surface area (Å²) in [6, 6.07) is -1.39. The predicted molar refractivity (Wildman–Crippen MR) is 40.8 cm³/mol. The van der Waals surface area contributed by atoms with Gasteiger partial charge >= 0.3 is 5.97 Å². The first-order chi connectivity index (χ1) is 6.04. The maximum Gasteiger partial charge on any atom is 0.334 e. The molecule has 1 amide bonds. The topological polar surface area (TPSA) is 74.7 Å². The lowest BCUT2D eigenvalue weighted by atomic mass is 9.94. The lowest BCUT2D eigenvalue weighted by molar-refractivity contribution is -0.158. The largest absolute Gasteiger partial charge is 0.479 e. The lowest BCUT2D eigenvalue weighted by Crippen LogP contribution is -2.55. The molecule has 0 radical (unpaired) electrons. The first-order valence-corrected chi connectivity index (χ1v) is 4.11. The van der Waals surface area contributed by atoms with E-state index in [4.69, 9.17) is 5.11 Å². The summed E-state index contributed by atoms with van der Waals surface area (Å²) in [5.74, 6) is -2.11. The Hall–Kier alpha value is -1.39. The van der Waals surface area contributed by atoms with Crippen LogP contribution in [0.15, 0.2) is 0 Å². The number of nitrogens with zero attached hydrogens (tertiary/aromatic N) is 1. The standard InChI is InChI=1S/C8H9NO4/c1-3-4-2-5(10)9(4)6(7(3)11)8(12)13/h3-4,6H,2H2,1H3,(H,12,13)/t3?,4-,6?/m0/s1. The fourth-order valence-corrected chi connectivity index (χ4v) is 2.02. The van der Waals surface area contributed by atoms with Crippen LogP contribution in [0, 0.1) is 5.92 Å². The number of ketones is 1. The van der Waals surface area contributed by atoms with Gasteiger partial charge in [-0.3, -0.25) is 9.59 Å². The normalized spacial score (nSPS) is 37.3. The van der Waals surface area contributed by atoms with Gasteiger partial charge in [0.05, 0.1) is 6.04 Å². The van der Waals surface area contributed by atoms with Crippen LogP contribution in [0.25, 0.3) is 0 Å².